The average molecular weight is 377 g/mol. The molecule has 1 aromatic rings. The van der Waals surface area contributed by atoms with Gasteiger partial charge in [-0.1, -0.05) is 19.9 Å². The summed E-state index contributed by atoms with van der Waals surface area (Å²) in [4.78, 5) is 0. The van der Waals surface area contributed by atoms with Gasteiger partial charge >= 0.3 is 0 Å². The third-order valence-electron chi connectivity index (χ3n) is 6.90. The van der Waals surface area contributed by atoms with E-state index >= 15 is 0 Å². The molecule has 0 N–H and O–H groups in total. The number of allylic oxidation sites excluding steroid dienone is 1. The summed E-state index contributed by atoms with van der Waals surface area (Å²) in [5, 5.41) is 0. The lowest BCUT2D eigenvalue weighted by molar-refractivity contribution is 0.165. The van der Waals surface area contributed by atoms with E-state index in [0.29, 0.717) is 17.7 Å². The fraction of sp³-hybridized carbons (Fsp3) is 0.667. The third-order valence-corrected chi connectivity index (χ3v) is 6.90. The normalized spacial score (nSPS) is 26.2. The quantitative estimate of drug-likeness (QED) is 0.496. The number of halogens is 2. The van der Waals surface area contributed by atoms with Crippen LogP contribution >= 0.6 is 0 Å². The minimum atomic E-state index is -0.858. The Balaban J connectivity index is 1.53. The van der Waals surface area contributed by atoms with Gasteiger partial charge < -0.3 is 4.74 Å². The Morgan fingerprint density at radius 3 is 2.26 bits per heavy atom. The molecule has 27 heavy (non-hydrogen) atoms. The van der Waals surface area contributed by atoms with Crippen molar-refractivity contribution in [1.29, 1.82) is 0 Å². The summed E-state index contributed by atoms with van der Waals surface area (Å²) in [7, 11) is 0. The molecule has 1 atom stereocenters. The SMILES string of the molecule is Cc1cc(C)c(OCC2=CCC(C3CCC(C(C)C)CC3)CC2)c(F)c1F. The van der Waals surface area contributed by atoms with Gasteiger partial charge in [-0.15, -0.1) is 0 Å². The van der Waals surface area contributed by atoms with Gasteiger partial charge in [0.15, 0.2) is 11.6 Å². The minimum Gasteiger partial charge on any atom is -0.486 e. The first-order valence-electron chi connectivity index (χ1n) is 10.6. The zero-order valence-electron chi connectivity index (χ0n) is 17.3. The second kappa shape index (κ2) is 8.75. The Morgan fingerprint density at radius 1 is 0.963 bits per heavy atom. The molecule has 0 saturated heterocycles. The Hall–Kier alpha value is -1.38. The molecule has 0 heterocycles. The number of rotatable bonds is 5. The smallest absolute Gasteiger partial charge is 0.201 e. The van der Waals surface area contributed by atoms with Gasteiger partial charge in [0.1, 0.15) is 6.61 Å². The predicted molar refractivity (Wildman–Crippen MR) is 107 cm³/mol. The maximum atomic E-state index is 14.2. The van der Waals surface area contributed by atoms with Gasteiger partial charge in [-0.2, -0.15) is 4.39 Å². The van der Waals surface area contributed by atoms with Crippen LogP contribution in [-0.4, -0.2) is 6.61 Å². The maximum Gasteiger partial charge on any atom is 0.201 e. The van der Waals surface area contributed by atoms with Crippen LogP contribution in [0.25, 0.3) is 0 Å². The zero-order chi connectivity index (χ0) is 19.6. The van der Waals surface area contributed by atoms with Crippen LogP contribution < -0.4 is 4.74 Å². The molecule has 0 bridgehead atoms. The van der Waals surface area contributed by atoms with Crippen LogP contribution in [0.3, 0.4) is 0 Å². The van der Waals surface area contributed by atoms with Crippen molar-refractivity contribution in [3.63, 3.8) is 0 Å². The van der Waals surface area contributed by atoms with Crippen LogP contribution in [0.4, 0.5) is 8.78 Å². The fourth-order valence-corrected chi connectivity index (χ4v) is 4.99. The van der Waals surface area contributed by atoms with Crippen molar-refractivity contribution < 1.29 is 13.5 Å². The second-order valence-electron chi connectivity index (χ2n) is 9.07. The summed E-state index contributed by atoms with van der Waals surface area (Å²) >= 11 is 0. The summed E-state index contributed by atoms with van der Waals surface area (Å²) in [6, 6.07) is 1.65. The molecule has 0 aliphatic heterocycles. The Morgan fingerprint density at radius 2 is 1.67 bits per heavy atom. The van der Waals surface area contributed by atoms with Crippen LogP contribution in [0.1, 0.15) is 69.9 Å². The first kappa shape index (κ1) is 20.4. The molecule has 1 saturated carbocycles. The Labute approximate surface area is 163 Å². The summed E-state index contributed by atoms with van der Waals surface area (Å²) < 4.78 is 33.6. The lowest BCUT2D eigenvalue weighted by Crippen LogP contribution is -2.25. The lowest BCUT2D eigenvalue weighted by atomic mass is 9.69. The Bertz CT molecular complexity index is 684. The van der Waals surface area contributed by atoms with Gasteiger partial charge in [0, 0.05) is 0 Å². The molecule has 2 aliphatic rings. The van der Waals surface area contributed by atoms with E-state index in [0.717, 1.165) is 36.5 Å². The molecule has 1 unspecified atom stereocenters. The number of benzene rings is 1. The van der Waals surface area contributed by atoms with E-state index < -0.39 is 11.6 Å². The molecular weight excluding hydrogens is 342 g/mol. The zero-order valence-corrected chi connectivity index (χ0v) is 17.3. The lowest BCUT2D eigenvalue weighted by Gasteiger charge is -2.36. The maximum absolute atomic E-state index is 14.2. The molecule has 2 aliphatic carbocycles. The minimum absolute atomic E-state index is 0.0631. The second-order valence-corrected chi connectivity index (χ2v) is 9.07. The van der Waals surface area contributed by atoms with Gasteiger partial charge in [-0.3, -0.25) is 0 Å². The number of hydrogen-bond donors (Lipinski definition) is 0. The van der Waals surface area contributed by atoms with Crippen LogP contribution in [0, 0.1) is 49.2 Å². The molecule has 0 aromatic heterocycles. The fourth-order valence-electron chi connectivity index (χ4n) is 4.99. The van der Waals surface area contributed by atoms with E-state index in [-0.39, 0.29) is 5.75 Å². The van der Waals surface area contributed by atoms with Gasteiger partial charge in [0.05, 0.1) is 0 Å². The number of hydrogen-bond acceptors (Lipinski definition) is 1. The van der Waals surface area contributed by atoms with E-state index in [1.165, 1.54) is 37.7 Å². The molecule has 3 rings (SSSR count). The van der Waals surface area contributed by atoms with Crippen LogP contribution in [0.15, 0.2) is 17.7 Å². The van der Waals surface area contributed by atoms with Gasteiger partial charge in [0.25, 0.3) is 0 Å². The highest BCUT2D eigenvalue weighted by atomic mass is 19.2. The molecule has 0 spiro atoms. The van der Waals surface area contributed by atoms with E-state index in [9.17, 15) is 8.78 Å². The number of ether oxygens (including phenoxy) is 1. The van der Waals surface area contributed by atoms with Gasteiger partial charge in [0.2, 0.25) is 5.82 Å². The standard InChI is InChI=1S/C24H34F2O/c1-15(2)19-9-11-21(12-10-19)20-7-5-18(6-8-20)14-27-24-17(4)13-16(3)22(25)23(24)26/h5,13,15,19-21H,6-12,14H2,1-4H3. The molecule has 0 amide bonds. The predicted octanol–water partition coefficient (Wildman–Crippen LogP) is 7.15. The highest BCUT2D eigenvalue weighted by Gasteiger charge is 2.29. The summed E-state index contributed by atoms with van der Waals surface area (Å²) in [6.07, 6.45) is 11.1. The third kappa shape index (κ3) is 4.73. The summed E-state index contributed by atoms with van der Waals surface area (Å²) in [6.45, 7) is 8.42. The van der Waals surface area contributed by atoms with E-state index in [1.807, 2.05) is 0 Å². The molecule has 1 fully saturated rings. The van der Waals surface area contributed by atoms with Gasteiger partial charge in [-0.05, 0) is 105 Å². The van der Waals surface area contributed by atoms with Crippen molar-refractivity contribution >= 4 is 0 Å². The average Bonchev–Trinajstić information content (AvgIpc) is 2.66. The van der Waals surface area contributed by atoms with E-state index in [4.69, 9.17) is 4.74 Å². The van der Waals surface area contributed by atoms with E-state index in [2.05, 4.69) is 19.9 Å². The highest BCUT2D eigenvalue weighted by Crippen LogP contribution is 2.41. The van der Waals surface area contributed by atoms with Gasteiger partial charge in [-0.25, -0.2) is 4.39 Å². The van der Waals surface area contributed by atoms with Crippen LogP contribution in [-0.2, 0) is 0 Å². The van der Waals surface area contributed by atoms with Crippen molar-refractivity contribution in [1.82, 2.24) is 0 Å². The van der Waals surface area contributed by atoms with E-state index in [1.54, 1.807) is 19.9 Å². The van der Waals surface area contributed by atoms with Crippen molar-refractivity contribution in [2.45, 2.75) is 72.6 Å². The Kier molecular flexibility index (Phi) is 6.60. The molecular formula is C24H34F2O. The van der Waals surface area contributed by atoms with Crippen molar-refractivity contribution in [2.75, 3.05) is 6.61 Å². The highest BCUT2D eigenvalue weighted by molar-refractivity contribution is 5.38. The summed E-state index contributed by atoms with van der Waals surface area (Å²) in [5.41, 5.74) is 2.20. The molecule has 3 heteroatoms. The molecule has 150 valence electrons. The van der Waals surface area contributed by atoms with Crippen LogP contribution in [0.5, 0.6) is 5.75 Å². The molecule has 1 aromatic carbocycles. The first-order chi connectivity index (χ1) is 12.9. The topological polar surface area (TPSA) is 9.23 Å². The largest absolute Gasteiger partial charge is 0.486 e. The monoisotopic (exact) mass is 376 g/mol. The first-order valence-corrected chi connectivity index (χ1v) is 10.6. The molecule has 0 radical (unpaired) electrons. The van der Waals surface area contributed by atoms with Crippen molar-refractivity contribution in [2.24, 2.45) is 23.7 Å². The number of aryl methyl sites for hydroxylation is 2. The molecule has 1 nitrogen and oxygen atoms in total. The summed E-state index contributed by atoms with van der Waals surface area (Å²) in [5.74, 6) is 1.79. The van der Waals surface area contributed by atoms with Crippen LogP contribution in [0.2, 0.25) is 0 Å². The van der Waals surface area contributed by atoms with Crippen molar-refractivity contribution in [3.05, 3.63) is 40.5 Å². The van der Waals surface area contributed by atoms with Crippen molar-refractivity contribution in [3.8, 4) is 5.75 Å².